The molecule has 0 unspecified atom stereocenters. The first-order valence-corrected chi connectivity index (χ1v) is 12.9. The van der Waals surface area contributed by atoms with Crippen LogP contribution in [0.3, 0.4) is 0 Å². The molecular formula is C26H43NO5. The van der Waals surface area contributed by atoms with E-state index in [0.29, 0.717) is 36.0 Å². The van der Waals surface area contributed by atoms with Crippen LogP contribution in [-0.2, 0) is 9.59 Å². The lowest BCUT2D eigenvalue weighted by Crippen LogP contribution is -2.58. The molecule has 10 atom stereocenters. The summed E-state index contributed by atoms with van der Waals surface area (Å²) in [5.41, 5.74) is 0.407. The lowest BCUT2D eigenvalue weighted by molar-refractivity contribution is -0.172. The van der Waals surface area contributed by atoms with Crippen molar-refractivity contribution in [2.45, 2.75) is 97.2 Å². The highest BCUT2D eigenvalue weighted by Gasteiger charge is 2.62. The normalized spacial score (nSPS) is 46.5. The highest BCUT2D eigenvalue weighted by molar-refractivity contribution is 5.81. The maximum Gasteiger partial charge on any atom is 0.322 e. The Morgan fingerprint density at radius 1 is 0.969 bits per heavy atom. The highest BCUT2D eigenvalue weighted by Crippen LogP contribution is 2.68. The molecule has 0 aromatic heterocycles. The molecule has 32 heavy (non-hydrogen) atoms. The standard InChI is InChI=1S/C26H43NO5/c1-15(4-7-23(30)27-14-24(31)32)18-5-6-19-17-13-22(29)21-12-16(28)8-10-26(21,3)20(17)9-11-25(18,19)2/h15-22,28-29H,4-14H2,1-3H3,(H,27,30)(H,31,32)/t15-,16-,17+,18+,19-,20-,21+,22+,25-,26-/m1/s1. The van der Waals surface area contributed by atoms with Gasteiger partial charge in [0, 0.05) is 6.42 Å². The molecule has 182 valence electrons. The van der Waals surface area contributed by atoms with Crippen LogP contribution in [0.4, 0.5) is 0 Å². The lowest BCUT2D eigenvalue weighted by Gasteiger charge is -2.62. The van der Waals surface area contributed by atoms with E-state index >= 15 is 0 Å². The van der Waals surface area contributed by atoms with Gasteiger partial charge in [-0.15, -0.1) is 0 Å². The molecular weight excluding hydrogens is 406 g/mol. The smallest absolute Gasteiger partial charge is 0.322 e. The summed E-state index contributed by atoms with van der Waals surface area (Å²) in [7, 11) is 0. The zero-order valence-corrected chi connectivity index (χ0v) is 20.1. The van der Waals surface area contributed by atoms with Crippen LogP contribution in [0.25, 0.3) is 0 Å². The van der Waals surface area contributed by atoms with E-state index in [2.05, 4.69) is 26.1 Å². The molecule has 6 heteroatoms. The van der Waals surface area contributed by atoms with E-state index in [0.717, 1.165) is 32.1 Å². The Bertz CT molecular complexity index is 727. The van der Waals surface area contributed by atoms with Gasteiger partial charge in [-0.05, 0) is 104 Å². The van der Waals surface area contributed by atoms with E-state index < -0.39 is 5.97 Å². The molecule has 0 radical (unpaired) electrons. The molecule has 0 heterocycles. The van der Waals surface area contributed by atoms with E-state index in [4.69, 9.17) is 5.11 Å². The van der Waals surface area contributed by atoms with Crippen molar-refractivity contribution >= 4 is 11.9 Å². The summed E-state index contributed by atoms with van der Waals surface area (Å²) >= 11 is 0. The predicted molar refractivity (Wildman–Crippen MR) is 122 cm³/mol. The van der Waals surface area contributed by atoms with E-state index in [1.165, 1.54) is 25.7 Å². The van der Waals surface area contributed by atoms with Crippen molar-refractivity contribution in [3.8, 4) is 0 Å². The summed E-state index contributed by atoms with van der Waals surface area (Å²) in [6.45, 7) is 6.83. The second-order valence-electron chi connectivity index (χ2n) is 12.1. The second-order valence-corrected chi connectivity index (χ2v) is 12.1. The maximum atomic E-state index is 12.0. The predicted octanol–water partition coefficient (Wildman–Crippen LogP) is 3.59. The SMILES string of the molecule is C[C@H](CCC(=O)NCC(=O)O)[C@@H]1CC[C@@H]2[C@@H]3C[C@H](O)[C@@H]4C[C@H](O)CC[C@]4(C)[C@@H]3CC[C@@]21C. The molecule has 4 rings (SSSR count). The van der Waals surface area contributed by atoms with E-state index in [1.54, 1.807) is 0 Å². The second kappa shape index (κ2) is 8.90. The summed E-state index contributed by atoms with van der Waals surface area (Å²) in [5.74, 6) is 1.92. The van der Waals surface area contributed by atoms with Crippen LogP contribution in [0.1, 0.15) is 85.0 Å². The Labute approximate surface area is 192 Å². The summed E-state index contributed by atoms with van der Waals surface area (Å²) in [6, 6.07) is 0. The fourth-order valence-electron chi connectivity index (χ4n) is 9.08. The fraction of sp³-hybridized carbons (Fsp3) is 0.923. The molecule has 4 fully saturated rings. The van der Waals surface area contributed by atoms with Gasteiger partial charge in [-0.3, -0.25) is 9.59 Å². The van der Waals surface area contributed by atoms with Crippen molar-refractivity contribution < 1.29 is 24.9 Å². The van der Waals surface area contributed by atoms with E-state index in [9.17, 15) is 19.8 Å². The van der Waals surface area contributed by atoms with Gasteiger partial charge in [0.25, 0.3) is 0 Å². The number of amides is 1. The average Bonchev–Trinajstić information content (AvgIpc) is 3.09. The molecule has 0 spiro atoms. The minimum absolute atomic E-state index is 0.148. The molecule has 1 amide bonds. The Morgan fingerprint density at radius 3 is 2.38 bits per heavy atom. The number of rotatable bonds is 6. The molecule has 6 nitrogen and oxygen atoms in total. The number of carbonyl (C=O) groups excluding carboxylic acids is 1. The third-order valence-electron chi connectivity index (χ3n) is 10.7. The quantitative estimate of drug-likeness (QED) is 0.496. The molecule has 4 aliphatic carbocycles. The molecule has 0 aliphatic heterocycles. The Kier molecular flexibility index (Phi) is 6.68. The van der Waals surface area contributed by atoms with Gasteiger partial charge in [-0.1, -0.05) is 20.8 Å². The molecule has 4 saturated carbocycles. The average molecular weight is 450 g/mol. The van der Waals surface area contributed by atoms with Gasteiger partial charge in [0.1, 0.15) is 6.54 Å². The van der Waals surface area contributed by atoms with Gasteiger partial charge in [-0.2, -0.15) is 0 Å². The molecule has 4 N–H and O–H groups in total. The topological polar surface area (TPSA) is 107 Å². The Balaban J connectivity index is 1.43. The van der Waals surface area contributed by atoms with Crippen LogP contribution >= 0.6 is 0 Å². The number of nitrogens with one attached hydrogen (secondary N) is 1. The zero-order valence-electron chi connectivity index (χ0n) is 20.1. The first-order valence-electron chi connectivity index (χ1n) is 12.9. The third-order valence-corrected chi connectivity index (χ3v) is 10.7. The minimum atomic E-state index is -1.01. The number of aliphatic hydroxyl groups excluding tert-OH is 2. The lowest BCUT2D eigenvalue weighted by atomic mass is 9.44. The summed E-state index contributed by atoms with van der Waals surface area (Å²) in [6.07, 6.45) is 9.03. The third kappa shape index (κ3) is 4.11. The van der Waals surface area contributed by atoms with Crippen molar-refractivity contribution in [2.75, 3.05) is 6.54 Å². The number of aliphatic carboxylic acids is 1. The van der Waals surface area contributed by atoms with Crippen molar-refractivity contribution in [1.82, 2.24) is 5.32 Å². The van der Waals surface area contributed by atoms with E-state index in [1.807, 2.05) is 0 Å². The number of hydrogen-bond donors (Lipinski definition) is 4. The van der Waals surface area contributed by atoms with Gasteiger partial charge < -0.3 is 20.6 Å². The van der Waals surface area contributed by atoms with Gasteiger partial charge in [0.15, 0.2) is 0 Å². The fourth-order valence-corrected chi connectivity index (χ4v) is 9.08. The van der Waals surface area contributed by atoms with Crippen LogP contribution < -0.4 is 5.32 Å². The van der Waals surface area contributed by atoms with Crippen molar-refractivity contribution in [3.63, 3.8) is 0 Å². The molecule has 4 aliphatic rings. The number of carboxylic acids is 1. The highest BCUT2D eigenvalue weighted by atomic mass is 16.4. The van der Waals surface area contributed by atoms with Crippen LogP contribution in [0.5, 0.6) is 0 Å². The molecule has 0 aromatic rings. The molecule has 0 bridgehead atoms. The van der Waals surface area contributed by atoms with Gasteiger partial charge in [0.2, 0.25) is 5.91 Å². The molecule has 0 saturated heterocycles. The summed E-state index contributed by atoms with van der Waals surface area (Å²) < 4.78 is 0. The van der Waals surface area contributed by atoms with Crippen LogP contribution in [0, 0.1) is 46.3 Å². The maximum absolute atomic E-state index is 12.0. The van der Waals surface area contributed by atoms with E-state index in [-0.39, 0.29) is 41.4 Å². The summed E-state index contributed by atoms with van der Waals surface area (Å²) in [5, 5.41) is 32.6. The number of fused-ring (bicyclic) bond motifs is 5. The van der Waals surface area contributed by atoms with Crippen molar-refractivity contribution in [2.24, 2.45) is 46.3 Å². The Morgan fingerprint density at radius 2 is 1.66 bits per heavy atom. The number of carbonyl (C=O) groups is 2. The van der Waals surface area contributed by atoms with Crippen LogP contribution in [0.15, 0.2) is 0 Å². The van der Waals surface area contributed by atoms with Gasteiger partial charge >= 0.3 is 5.97 Å². The van der Waals surface area contributed by atoms with Crippen molar-refractivity contribution in [3.05, 3.63) is 0 Å². The zero-order chi connectivity index (χ0) is 23.3. The first kappa shape index (κ1) is 24.0. The number of carboxylic acid groups (broad SMARTS) is 1. The minimum Gasteiger partial charge on any atom is -0.480 e. The van der Waals surface area contributed by atoms with Gasteiger partial charge in [-0.25, -0.2) is 0 Å². The largest absolute Gasteiger partial charge is 0.480 e. The number of aliphatic hydroxyl groups is 2. The molecule has 0 aromatic carbocycles. The van der Waals surface area contributed by atoms with Crippen LogP contribution in [-0.4, -0.2) is 45.9 Å². The van der Waals surface area contributed by atoms with Gasteiger partial charge in [0.05, 0.1) is 12.2 Å². The van der Waals surface area contributed by atoms with Crippen LogP contribution in [0.2, 0.25) is 0 Å². The monoisotopic (exact) mass is 449 g/mol. The Hall–Kier alpha value is -1.14. The van der Waals surface area contributed by atoms with Crippen molar-refractivity contribution in [1.29, 1.82) is 0 Å². The summed E-state index contributed by atoms with van der Waals surface area (Å²) in [4.78, 5) is 22.7. The first-order chi connectivity index (χ1) is 15.1. The number of hydrogen-bond acceptors (Lipinski definition) is 4.